The van der Waals surface area contributed by atoms with Crippen molar-refractivity contribution < 1.29 is 0 Å². The van der Waals surface area contributed by atoms with Crippen molar-refractivity contribution in [2.45, 2.75) is 26.3 Å². The third-order valence-electron chi connectivity index (χ3n) is 3.10. The molecular formula is C15H14Cl2N2S2. The van der Waals surface area contributed by atoms with Gasteiger partial charge in [-0.3, -0.25) is 0 Å². The molecule has 0 spiro atoms. The highest BCUT2D eigenvalue weighted by Crippen LogP contribution is 2.33. The molecule has 0 saturated carbocycles. The molecule has 1 aromatic carbocycles. The Morgan fingerprint density at radius 1 is 1.29 bits per heavy atom. The summed E-state index contributed by atoms with van der Waals surface area (Å²) in [5.74, 6) is 0. The monoisotopic (exact) mass is 356 g/mol. The van der Waals surface area contributed by atoms with Gasteiger partial charge in [-0.25, -0.2) is 4.98 Å². The van der Waals surface area contributed by atoms with Crippen LogP contribution in [-0.4, -0.2) is 4.98 Å². The van der Waals surface area contributed by atoms with Gasteiger partial charge in [0.1, 0.15) is 10.5 Å². The predicted octanol–water partition coefficient (Wildman–Crippen LogP) is 6.23. The van der Waals surface area contributed by atoms with Gasteiger partial charge in [0.2, 0.25) is 0 Å². The topological polar surface area (TPSA) is 24.9 Å². The van der Waals surface area contributed by atoms with E-state index in [1.54, 1.807) is 22.7 Å². The Bertz CT molecular complexity index is 764. The van der Waals surface area contributed by atoms with E-state index in [1.807, 2.05) is 12.1 Å². The molecule has 0 aliphatic heterocycles. The number of thiazole rings is 1. The Hall–Kier alpha value is -0.810. The summed E-state index contributed by atoms with van der Waals surface area (Å²) in [5.41, 5.74) is 2.19. The van der Waals surface area contributed by atoms with Crippen LogP contribution in [0.4, 0.5) is 5.00 Å². The first-order valence-corrected chi connectivity index (χ1v) is 9.17. The lowest BCUT2D eigenvalue weighted by Crippen LogP contribution is -1.96. The summed E-state index contributed by atoms with van der Waals surface area (Å²) in [4.78, 5) is 4.58. The van der Waals surface area contributed by atoms with Gasteiger partial charge in [-0.15, -0.1) is 22.7 Å². The van der Waals surface area contributed by atoms with Crippen LogP contribution in [0.3, 0.4) is 0 Å². The van der Waals surface area contributed by atoms with Gasteiger partial charge in [-0.05, 0) is 35.6 Å². The zero-order chi connectivity index (χ0) is 14.8. The molecule has 2 nitrogen and oxygen atoms in total. The van der Waals surface area contributed by atoms with Gasteiger partial charge < -0.3 is 5.32 Å². The lowest BCUT2D eigenvalue weighted by atomic mass is 10.2. The Balaban J connectivity index is 1.74. The van der Waals surface area contributed by atoms with Gasteiger partial charge in [0.05, 0.1) is 26.3 Å². The number of anilines is 1. The molecule has 3 aromatic rings. The summed E-state index contributed by atoms with van der Waals surface area (Å²) in [6.45, 7) is 2.90. The van der Waals surface area contributed by atoms with Crippen LogP contribution in [0.1, 0.15) is 23.9 Å². The van der Waals surface area contributed by atoms with E-state index in [0.717, 1.165) is 21.6 Å². The van der Waals surface area contributed by atoms with Crippen molar-refractivity contribution in [2.24, 2.45) is 0 Å². The van der Waals surface area contributed by atoms with Crippen LogP contribution in [0.15, 0.2) is 23.6 Å². The Labute approximate surface area is 141 Å². The molecule has 21 heavy (non-hydrogen) atoms. The van der Waals surface area contributed by atoms with E-state index >= 15 is 0 Å². The van der Waals surface area contributed by atoms with E-state index in [9.17, 15) is 0 Å². The van der Waals surface area contributed by atoms with Gasteiger partial charge in [-0.1, -0.05) is 36.5 Å². The smallest absolute Gasteiger partial charge is 0.113 e. The van der Waals surface area contributed by atoms with E-state index in [4.69, 9.17) is 23.2 Å². The van der Waals surface area contributed by atoms with Crippen LogP contribution < -0.4 is 5.32 Å². The van der Waals surface area contributed by atoms with E-state index < -0.39 is 0 Å². The molecule has 0 amide bonds. The number of rotatable bonds is 5. The van der Waals surface area contributed by atoms with Crippen molar-refractivity contribution in [3.63, 3.8) is 0 Å². The number of hydrogen-bond acceptors (Lipinski definition) is 4. The molecule has 0 aliphatic carbocycles. The Kier molecular flexibility index (Phi) is 4.69. The first-order chi connectivity index (χ1) is 10.2. The van der Waals surface area contributed by atoms with E-state index in [-0.39, 0.29) is 0 Å². The predicted molar refractivity (Wildman–Crippen MR) is 95.3 cm³/mol. The van der Waals surface area contributed by atoms with Crippen molar-refractivity contribution >= 4 is 61.1 Å². The van der Waals surface area contributed by atoms with Gasteiger partial charge in [-0.2, -0.15) is 0 Å². The normalized spacial score (nSPS) is 11.2. The SMILES string of the molecule is CCCc1csc(NCc2nc3c(Cl)c(Cl)ccc3s2)c1. The number of fused-ring (bicyclic) bond motifs is 1. The second kappa shape index (κ2) is 6.53. The average Bonchev–Trinajstić information content (AvgIpc) is 3.08. The highest BCUT2D eigenvalue weighted by atomic mass is 35.5. The first kappa shape index (κ1) is 15.1. The average molecular weight is 357 g/mol. The molecule has 0 aliphatic rings. The van der Waals surface area contributed by atoms with Crippen molar-refractivity contribution in [1.29, 1.82) is 0 Å². The van der Waals surface area contributed by atoms with Gasteiger partial charge >= 0.3 is 0 Å². The number of benzene rings is 1. The fourth-order valence-corrected chi connectivity index (χ4v) is 4.28. The summed E-state index contributed by atoms with van der Waals surface area (Å²) in [6.07, 6.45) is 2.31. The molecule has 0 radical (unpaired) electrons. The molecular weight excluding hydrogens is 343 g/mol. The van der Waals surface area contributed by atoms with Crippen molar-refractivity contribution in [3.05, 3.63) is 44.2 Å². The van der Waals surface area contributed by atoms with Crippen molar-refractivity contribution in [2.75, 3.05) is 5.32 Å². The summed E-state index contributed by atoms with van der Waals surface area (Å²) in [5, 5.41) is 8.92. The highest BCUT2D eigenvalue weighted by Gasteiger charge is 2.10. The molecule has 0 saturated heterocycles. The minimum atomic E-state index is 0.540. The van der Waals surface area contributed by atoms with Gasteiger partial charge in [0, 0.05) is 0 Å². The lowest BCUT2D eigenvalue weighted by molar-refractivity contribution is 0.926. The maximum atomic E-state index is 6.19. The number of thiophene rings is 1. The molecule has 1 N–H and O–H groups in total. The van der Waals surface area contributed by atoms with Gasteiger partial charge in [0.25, 0.3) is 0 Å². The number of halogens is 2. The summed E-state index contributed by atoms with van der Waals surface area (Å²) < 4.78 is 1.07. The molecule has 6 heteroatoms. The molecule has 0 unspecified atom stereocenters. The second-order valence-electron chi connectivity index (χ2n) is 4.74. The van der Waals surface area contributed by atoms with Crippen molar-refractivity contribution in [3.8, 4) is 0 Å². The van der Waals surface area contributed by atoms with Gasteiger partial charge in [0.15, 0.2) is 0 Å². The van der Waals surface area contributed by atoms with E-state index in [1.165, 1.54) is 17.0 Å². The van der Waals surface area contributed by atoms with Crippen LogP contribution >= 0.6 is 45.9 Å². The molecule has 0 bridgehead atoms. The summed E-state index contributed by atoms with van der Waals surface area (Å²) in [6, 6.07) is 6.00. The maximum absolute atomic E-state index is 6.19. The number of nitrogens with one attached hydrogen (secondary N) is 1. The van der Waals surface area contributed by atoms with Crippen LogP contribution in [0.2, 0.25) is 10.0 Å². The van der Waals surface area contributed by atoms with Crippen LogP contribution in [-0.2, 0) is 13.0 Å². The summed E-state index contributed by atoms with van der Waals surface area (Å²) >= 11 is 15.6. The highest BCUT2D eigenvalue weighted by molar-refractivity contribution is 7.18. The largest absolute Gasteiger partial charge is 0.370 e. The lowest BCUT2D eigenvalue weighted by Gasteiger charge is -1.99. The minimum absolute atomic E-state index is 0.540. The molecule has 3 rings (SSSR count). The van der Waals surface area contributed by atoms with Crippen LogP contribution in [0.25, 0.3) is 10.2 Å². The minimum Gasteiger partial charge on any atom is -0.370 e. The second-order valence-corrected chi connectivity index (χ2v) is 7.55. The zero-order valence-electron chi connectivity index (χ0n) is 11.5. The third kappa shape index (κ3) is 3.34. The molecule has 2 heterocycles. The van der Waals surface area contributed by atoms with Crippen LogP contribution in [0.5, 0.6) is 0 Å². The number of nitrogens with zero attached hydrogens (tertiary/aromatic N) is 1. The Morgan fingerprint density at radius 3 is 2.95 bits per heavy atom. The number of aromatic nitrogens is 1. The third-order valence-corrected chi connectivity index (χ3v) is 5.85. The standard InChI is InChI=1S/C15H14Cl2N2S2/c1-2-3-9-6-12(20-8-9)18-7-13-19-15-11(21-13)5-4-10(16)14(15)17/h4-6,8,18H,2-3,7H2,1H3. The van der Waals surface area contributed by atoms with E-state index in [2.05, 4.69) is 28.7 Å². The maximum Gasteiger partial charge on any atom is 0.113 e. The van der Waals surface area contributed by atoms with Crippen LogP contribution in [0, 0.1) is 0 Å². The fraction of sp³-hybridized carbons (Fsp3) is 0.267. The number of hydrogen-bond donors (Lipinski definition) is 1. The van der Waals surface area contributed by atoms with Crippen molar-refractivity contribution in [1.82, 2.24) is 4.98 Å². The molecule has 110 valence electrons. The van der Waals surface area contributed by atoms with E-state index in [0.29, 0.717) is 16.6 Å². The molecule has 0 fully saturated rings. The first-order valence-electron chi connectivity index (χ1n) is 6.72. The summed E-state index contributed by atoms with van der Waals surface area (Å²) in [7, 11) is 0. The fourth-order valence-electron chi connectivity index (χ4n) is 2.11. The quantitative estimate of drug-likeness (QED) is 0.585. The molecule has 0 atom stereocenters. The zero-order valence-corrected chi connectivity index (χ0v) is 14.6. The number of aryl methyl sites for hydroxylation is 1. The Morgan fingerprint density at radius 2 is 2.14 bits per heavy atom. The molecule has 2 aromatic heterocycles.